The first-order valence-electron chi connectivity index (χ1n) is 6.51. The quantitative estimate of drug-likeness (QED) is 0.657. The number of rotatable bonds is 5. The van der Waals surface area contributed by atoms with Crippen LogP contribution in [0.3, 0.4) is 0 Å². The van der Waals surface area contributed by atoms with Crippen molar-refractivity contribution in [3.8, 4) is 0 Å². The van der Waals surface area contributed by atoms with Gasteiger partial charge >= 0.3 is 0 Å². The van der Waals surface area contributed by atoms with Gasteiger partial charge in [0.05, 0.1) is 5.02 Å². The largest absolute Gasteiger partial charge is 0.384 e. The molecule has 0 saturated carbocycles. The van der Waals surface area contributed by atoms with Crippen LogP contribution >= 0.6 is 11.6 Å². The first kappa shape index (κ1) is 15.5. The van der Waals surface area contributed by atoms with Crippen LogP contribution in [0.2, 0.25) is 5.02 Å². The SMILES string of the molecule is CN(Cc1cccc(C(=N)N)c1)Cc1ccc(F)c(Cl)c1. The third-order valence-electron chi connectivity index (χ3n) is 3.13. The number of hydrogen-bond acceptors (Lipinski definition) is 2. The molecule has 0 amide bonds. The molecule has 0 radical (unpaired) electrons. The van der Waals surface area contributed by atoms with Crippen LogP contribution in [0, 0.1) is 11.2 Å². The van der Waals surface area contributed by atoms with Crippen molar-refractivity contribution in [1.82, 2.24) is 4.90 Å². The Morgan fingerprint density at radius 2 is 1.86 bits per heavy atom. The number of nitrogens with one attached hydrogen (secondary N) is 1. The zero-order valence-corrected chi connectivity index (χ0v) is 12.5. The van der Waals surface area contributed by atoms with Crippen molar-refractivity contribution >= 4 is 17.4 Å². The number of benzene rings is 2. The molecule has 21 heavy (non-hydrogen) atoms. The van der Waals surface area contributed by atoms with Crippen molar-refractivity contribution in [3.05, 3.63) is 70.0 Å². The van der Waals surface area contributed by atoms with Crippen molar-refractivity contribution < 1.29 is 4.39 Å². The molecule has 2 rings (SSSR count). The molecule has 0 atom stereocenters. The summed E-state index contributed by atoms with van der Waals surface area (Å²) in [6.07, 6.45) is 0. The summed E-state index contributed by atoms with van der Waals surface area (Å²) >= 11 is 5.78. The van der Waals surface area contributed by atoms with Crippen LogP contribution in [0.1, 0.15) is 16.7 Å². The summed E-state index contributed by atoms with van der Waals surface area (Å²) < 4.78 is 13.1. The molecule has 2 aromatic carbocycles. The summed E-state index contributed by atoms with van der Waals surface area (Å²) in [5.41, 5.74) is 8.22. The van der Waals surface area contributed by atoms with E-state index in [1.165, 1.54) is 6.07 Å². The third kappa shape index (κ3) is 4.28. The summed E-state index contributed by atoms with van der Waals surface area (Å²) in [7, 11) is 1.97. The Balaban J connectivity index is 2.04. The number of halogens is 2. The van der Waals surface area contributed by atoms with E-state index >= 15 is 0 Å². The van der Waals surface area contributed by atoms with Gasteiger partial charge in [0.25, 0.3) is 0 Å². The maximum Gasteiger partial charge on any atom is 0.141 e. The summed E-state index contributed by atoms with van der Waals surface area (Å²) in [6.45, 7) is 1.36. The molecule has 0 aliphatic carbocycles. The normalized spacial score (nSPS) is 10.9. The molecule has 3 nitrogen and oxygen atoms in total. The number of nitrogens with two attached hydrogens (primary N) is 1. The second-order valence-corrected chi connectivity index (χ2v) is 5.44. The van der Waals surface area contributed by atoms with E-state index in [-0.39, 0.29) is 10.9 Å². The number of amidine groups is 1. The Morgan fingerprint density at radius 3 is 2.48 bits per heavy atom. The maximum atomic E-state index is 13.1. The van der Waals surface area contributed by atoms with Crippen LogP contribution in [0.25, 0.3) is 0 Å². The molecule has 0 spiro atoms. The average molecular weight is 306 g/mol. The lowest BCUT2D eigenvalue weighted by Crippen LogP contribution is -2.18. The monoisotopic (exact) mass is 305 g/mol. The fourth-order valence-corrected chi connectivity index (χ4v) is 2.36. The summed E-state index contributed by atoms with van der Waals surface area (Å²) in [5, 5.41) is 7.59. The molecule has 5 heteroatoms. The lowest BCUT2D eigenvalue weighted by Gasteiger charge is -2.17. The Bertz CT molecular complexity index is 658. The van der Waals surface area contributed by atoms with E-state index in [0.717, 1.165) is 11.1 Å². The first-order chi connectivity index (χ1) is 9.95. The molecule has 0 aliphatic rings. The maximum absolute atomic E-state index is 13.1. The van der Waals surface area contributed by atoms with Gasteiger partial charge in [-0.25, -0.2) is 4.39 Å². The lowest BCUT2D eigenvalue weighted by molar-refractivity contribution is 0.319. The van der Waals surface area contributed by atoms with Crippen LogP contribution in [0.4, 0.5) is 4.39 Å². The van der Waals surface area contributed by atoms with Crippen molar-refractivity contribution in [3.63, 3.8) is 0 Å². The van der Waals surface area contributed by atoms with E-state index < -0.39 is 5.82 Å². The van der Waals surface area contributed by atoms with E-state index in [0.29, 0.717) is 18.7 Å². The standard InChI is InChI=1S/C16H17ClFN3/c1-21(10-12-5-6-15(18)14(17)8-12)9-11-3-2-4-13(7-11)16(19)20/h2-8H,9-10H2,1H3,(H3,19,20). The van der Waals surface area contributed by atoms with Gasteiger partial charge in [-0.1, -0.05) is 35.9 Å². The molecular weight excluding hydrogens is 289 g/mol. The topological polar surface area (TPSA) is 53.1 Å². The van der Waals surface area contributed by atoms with Crippen LogP contribution in [0.15, 0.2) is 42.5 Å². The molecule has 0 bridgehead atoms. The van der Waals surface area contributed by atoms with Crippen molar-refractivity contribution in [1.29, 1.82) is 5.41 Å². The van der Waals surface area contributed by atoms with Gasteiger partial charge in [-0.2, -0.15) is 0 Å². The highest BCUT2D eigenvalue weighted by Gasteiger charge is 2.06. The van der Waals surface area contributed by atoms with Gasteiger partial charge in [0.15, 0.2) is 0 Å². The highest BCUT2D eigenvalue weighted by atomic mass is 35.5. The Hall–Kier alpha value is -1.91. The molecule has 0 aromatic heterocycles. The third-order valence-corrected chi connectivity index (χ3v) is 3.42. The van der Waals surface area contributed by atoms with Gasteiger partial charge in [-0.15, -0.1) is 0 Å². The zero-order valence-electron chi connectivity index (χ0n) is 11.7. The van der Waals surface area contributed by atoms with Crippen molar-refractivity contribution in [2.75, 3.05) is 7.05 Å². The molecule has 3 N–H and O–H groups in total. The van der Waals surface area contributed by atoms with Crippen molar-refractivity contribution in [2.24, 2.45) is 5.73 Å². The number of hydrogen-bond donors (Lipinski definition) is 2. The van der Waals surface area contributed by atoms with E-state index in [1.807, 2.05) is 31.3 Å². The zero-order chi connectivity index (χ0) is 15.4. The lowest BCUT2D eigenvalue weighted by atomic mass is 10.1. The minimum Gasteiger partial charge on any atom is -0.384 e. The summed E-state index contributed by atoms with van der Waals surface area (Å²) in [4.78, 5) is 2.09. The smallest absolute Gasteiger partial charge is 0.141 e. The fraction of sp³-hybridized carbons (Fsp3) is 0.188. The molecule has 2 aromatic rings. The minimum atomic E-state index is -0.405. The molecule has 0 fully saturated rings. The van der Waals surface area contributed by atoms with Gasteiger partial charge in [-0.3, -0.25) is 10.3 Å². The van der Waals surface area contributed by atoms with Crippen molar-refractivity contribution in [2.45, 2.75) is 13.1 Å². The number of nitrogen functional groups attached to an aromatic ring is 1. The molecule has 0 heterocycles. The van der Waals surface area contributed by atoms with Gasteiger partial charge in [-0.05, 0) is 36.4 Å². The number of nitrogens with zero attached hydrogens (tertiary/aromatic N) is 1. The fourth-order valence-electron chi connectivity index (χ4n) is 2.15. The van der Waals surface area contributed by atoms with Crippen LogP contribution < -0.4 is 5.73 Å². The highest BCUT2D eigenvalue weighted by Crippen LogP contribution is 2.17. The van der Waals surface area contributed by atoms with Gasteiger partial charge in [0.2, 0.25) is 0 Å². The van der Waals surface area contributed by atoms with Gasteiger partial charge in [0, 0.05) is 18.7 Å². The van der Waals surface area contributed by atoms with Crippen LogP contribution in [-0.2, 0) is 13.1 Å². The van der Waals surface area contributed by atoms with Crippen LogP contribution in [0.5, 0.6) is 0 Å². The Labute approximate surface area is 128 Å². The molecule has 0 unspecified atom stereocenters. The summed E-state index contributed by atoms with van der Waals surface area (Å²) in [6, 6.07) is 12.3. The highest BCUT2D eigenvalue weighted by molar-refractivity contribution is 6.30. The minimum absolute atomic E-state index is 0.0600. The predicted molar refractivity (Wildman–Crippen MR) is 84.0 cm³/mol. The molecule has 0 saturated heterocycles. The second kappa shape index (κ2) is 6.70. The van der Waals surface area contributed by atoms with Crippen LogP contribution in [-0.4, -0.2) is 17.8 Å². The molecular formula is C16H17ClFN3. The van der Waals surface area contributed by atoms with E-state index in [1.54, 1.807) is 12.1 Å². The Morgan fingerprint density at radius 1 is 1.19 bits per heavy atom. The van der Waals surface area contributed by atoms with Gasteiger partial charge in [0.1, 0.15) is 11.7 Å². The first-order valence-corrected chi connectivity index (χ1v) is 6.89. The predicted octanol–water partition coefficient (Wildman–Crippen LogP) is 3.40. The van der Waals surface area contributed by atoms with E-state index in [2.05, 4.69) is 4.90 Å². The second-order valence-electron chi connectivity index (χ2n) is 5.03. The van der Waals surface area contributed by atoms with E-state index in [9.17, 15) is 4.39 Å². The Kier molecular flexibility index (Phi) is 4.94. The molecule has 0 aliphatic heterocycles. The van der Waals surface area contributed by atoms with E-state index in [4.69, 9.17) is 22.7 Å². The molecule has 110 valence electrons. The average Bonchev–Trinajstić information content (AvgIpc) is 2.43. The van der Waals surface area contributed by atoms with Gasteiger partial charge < -0.3 is 5.73 Å². The summed E-state index contributed by atoms with van der Waals surface area (Å²) in [5.74, 6) is -0.345.